The fraction of sp³-hybridized carbons (Fsp3) is 0.583. The van der Waals surface area contributed by atoms with E-state index in [0.717, 1.165) is 64.7 Å². The minimum absolute atomic E-state index is 0.111. The third-order valence-corrected chi connectivity index (χ3v) is 6.81. The van der Waals surface area contributed by atoms with Crippen LogP contribution >= 0.6 is 0 Å². The summed E-state index contributed by atoms with van der Waals surface area (Å²) >= 11 is 0. The molecule has 2 fully saturated rings. The van der Waals surface area contributed by atoms with Crippen molar-refractivity contribution in [2.75, 3.05) is 38.0 Å². The molecule has 1 aromatic heterocycles. The summed E-state index contributed by atoms with van der Waals surface area (Å²) < 4.78 is 4.62. The number of nitrogens with one attached hydrogen (secondary N) is 1. The minimum Gasteiger partial charge on any atom is -0.342 e. The second kappa shape index (κ2) is 10.7. The van der Waals surface area contributed by atoms with Gasteiger partial charge in [-0.3, -0.25) is 14.5 Å². The zero-order chi connectivity index (χ0) is 22.3. The van der Waals surface area contributed by atoms with Crippen molar-refractivity contribution in [3.63, 3.8) is 0 Å². The fourth-order valence-corrected chi connectivity index (χ4v) is 4.94. The first-order valence-electron chi connectivity index (χ1n) is 11.7. The average molecular weight is 440 g/mol. The molecule has 172 valence electrons. The van der Waals surface area contributed by atoms with Gasteiger partial charge < -0.3 is 10.2 Å². The third-order valence-electron chi connectivity index (χ3n) is 6.81. The van der Waals surface area contributed by atoms with Crippen LogP contribution in [-0.2, 0) is 16.0 Å². The van der Waals surface area contributed by atoms with Crippen LogP contribution < -0.4 is 5.32 Å². The number of carbonyl (C=O) groups is 2. The Bertz CT molecular complexity index is 892. The van der Waals surface area contributed by atoms with Crippen LogP contribution in [0.25, 0.3) is 0 Å². The van der Waals surface area contributed by atoms with Crippen molar-refractivity contribution in [1.29, 1.82) is 0 Å². The monoisotopic (exact) mass is 439 g/mol. The van der Waals surface area contributed by atoms with Crippen LogP contribution in [0, 0.1) is 18.8 Å². The number of benzene rings is 1. The molecule has 2 aromatic rings. The van der Waals surface area contributed by atoms with E-state index in [9.17, 15) is 9.59 Å². The molecule has 0 saturated carbocycles. The molecule has 8 heteroatoms. The van der Waals surface area contributed by atoms with Gasteiger partial charge in [-0.25, -0.2) is 4.63 Å². The first-order valence-corrected chi connectivity index (χ1v) is 11.7. The highest BCUT2D eigenvalue weighted by Gasteiger charge is 2.35. The lowest BCUT2D eigenvalue weighted by Crippen LogP contribution is -2.44. The number of anilines is 1. The van der Waals surface area contributed by atoms with Crippen molar-refractivity contribution in [3.05, 3.63) is 41.6 Å². The summed E-state index contributed by atoms with van der Waals surface area (Å²) in [5.41, 5.74) is 1.85. The topological polar surface area (TPSA) is 91.6 Å². The van der Waals surface area contributed by atoms with Gasteiger partial charge in [0, 0.05) is 19.0 Å². The quantitative estimate of drug-likeness (QED) is 0.713. The Balaban J connectivity index is 1.26. The van der Waals surface area contributed by atoms with Crippen molar-refractivity contribution in [3.8, 4) is 0 Å². The van der Waals surface area contributed by atoms with Gasteiger partial charge in [0.15, 0.2) is 5.82 Å². The lowest BCUT2D eigenvalue weighted by atomic mass is 9.81. The number of carbonyl (C=O) groups excluding carboxylic acids is 2. The molecule has 32 heavy (non-hydrogen) atoms. The minimum atomic E-state index is -0.111. The van der Waals surface area contributed by atoms with Crippen molar-refractivity contribution < 1.29 is 14.2 Å². The number of rotatable bonds is 7. The Hall–Kier alpha value is -2.74. The SMILES string of the molecule is Cc1nonc1NC(=O)CN1CCC([C@@H]2CCCCN(CCc3ccccc3)C2=O)CC1. The number of nitrogens with zero attached hydrogens (tertiary/aromatic N) is 4. The number of piperidine rings is 1. The van der Waals surface area contributed by atoms with Gasteiger partial charge in [-0.15, -0.1) is 0 Å². The second-order valence-corrected chi connectivity index (χ2v) is 9.02. The smallest absolute Gasteiger partial charge is 0.239 e. The van der Waals surface area contributed by atoms with E-state index in [4.69, 9.17) is 0 Å². The lowest BCUT2D eigenvalue weighted by molar-refractivity contribution is -0.137. The normalized spacial score (nSPS) is 20.8. The second-order valence-electron chi connectivity index (χ2n) is 9.02. The van der Waals surface area contributed by atoms with Gasteiger partial charge in [0.1, 0.15) is 5.69 Å². The van der Waals surface area contributed by atoms with Crippen LogP contribution in [0.4, 0.5) is 5.82 Å². The maximum Gasteiger partial charge on any atom is 0.239 e. The van der Waals surface area contributed by atoms with Crippen molar-refractivity contribution >= 4 is 17.6 Å². The van der Waals surface area contributed by atoms with Crippen molar-refractivity contribution in [1.82, 2.24) is 20.1 Å². The summed E-state index contributed by atoms with van der Waals surface area (Å²) in [5.74, 6) is 1.13. The third kappa shape index (κ3) is 5.73. The molecule has 3 heterocycles. The van der Waals surface area contributed by atoms with Crippen LogP contribution in [0.2, 0.25) is 0 Å². The molecule has 0 radical (unpaired) electrons. The van der Waals surface area contributed by atoms with Crippen molar-refractivity contribution in [2.24, 2.45) is 11.8 Å². The van der Waals surface area contributed by atoms with Crippen LogP contribution in [-0.4, -0.2) is 64.7 Å². The molecular weight excluding hydrogens is 406 g/mol. The van der Waals surface area contributed by atoms with Crippen molar-refractivity contribution in [2.45, 2.75) is 45.4 Å². The van der Waals surface area contributed by atoms with Crippen LogP contribution in [0.1, 0.15) is 43.4 Å². The molecule has 1 N–H and O–H groups in total. The van der Waals surface area contributed by atoms with E-state index < -0.39 is 0 Å². The number of likely N-dealkylation sites (tertiary alicyclic amines) is 2. The molecule has 2 amide bonds. The van der Waals surface area contributed by atoms with Gasteiger partial charge in [-0.05, 0) is 68.8 Å². The van der Waals surface area contributed by atoms with E-state index >= 15 is 0 Å². The molecule has 2 aliphatic rings. The maximum atomic E-state index is 13.4. The highest BCUT2D eigenvalue weighted by atomic mass is 16.6. The highest BCUT2D eigenvalue weighted by Crippen LogP contribution is 2.32. The highest BCUT2D eigenvalue weighted by molar-refractivity contribution is 5.91. The largest absolute Gasteiger partial charge is 0.342 e. The molecule has 0 bridgehead atoms. The average Bonchev–Trinajstić information content (AvgIpc) is 3.11. The lowest BCUT2D eigenvalue weighted by Gasteiger charge is -2.36. The fourth-order valence-electron chi connectivity index (χ4n) is 4.94. The van der Waals surface area contributed by atoms with Gasteiger partial charge in [0.25, 0.3) is 0 Å². The Morgan fingerprint density at radius 1 is 1.09 bits per heavy atom. The maximum absolute atomic E-state index is 13.4. The number of hydrogen-bond acceptors (Lipinski definition) is 6. The standard InChI is InChI=1S/C24H33N5O3/c1-18-23(27-32-26-18)25-22(30)17-28-14-11-20(12-15-28)21-9-5-6-13-29(24(21)31)16-10-19-7-3-2-4-8-19/h2-4,7-8,20-21H,5-6,9-17H2,1H3,(H,25,27,30)/t21-/m0/s1. The first kappa shape index (κ1) is 22.5. The Kier molecular flexibility index (Phi) is 7.52. The molecule has 1 aromatic carbocycles. The molecule has 1 atom stereocenters. The Labute approximate surface area is 189 Å². The van der Waals surface area contributed by atoms with Gasteiger partial charge in [0.2, 0.25) is 11.8 Å². The molecule has 2 aliphatic heterocycles. The van der Waals surface area contributed by atoms with Gasteiger partial charge in [0.05, 0.1) is 6.54 Å². The Morgan fingerprint density at radius 3 is 2.59 bits per heavy atom. The summed E-state index contributed by atoms with van der Waals surface area (Å²) in [6.45, 7) is 5.40. The van der Waals surface area contributed by atoms with Crippen LogP contribution in [0.15, 0.2) is 35.0 Å². The molecule has 0 spiro atoms. The first-order chi connectivity index (χ1) is 15.6. The van der Waals surface area contributed by atoms with E-state index in [1.165, 1.54) is 5.56 Å². The summed E-state index contributed by atoms with van der Waals surface area (Å²) in [5, 5.41) is 10.1. The zero-order valence-electron chi connectivity index (χ0n) is 18.8. The number of aryl methyl sites for hydroxylation is 1. The number of hydrogen-bond donors (Lipinski definition) is 1. The molecule has 8 nitrogen and oxygen atoms in total. The van der Waals surface area contributed by atoms with Crippen LogP contribution in [0.5, 0.6) is 0 Å². The van der Waals surface area contributed by atoms with Crippen LogP contribution in [0.3, 0.4) is 0 Å². The number of aromatic nitrogens is 2. The summed E-state index contributed by atoms with van der Waals surface area (Å²) in [6.07, 6.45) is 6.03. The zero-order valence-corrected chi connectivity index (χ0v) is 18.8. The molecule has 4 rings (SSSR count). The molecule has 0 aliphatic carbocycles. The summed E-state index contributed by atoms with van der Waals surface area (Å²) in [6, 6.07) is 10.4. The van der Waals surface area contributed by atoms with E-state index in [0.29, 0.717) is 29.9 Å². The predicted molar refractivity (Wildman–Crippen MR) is 121 cm³/mol. The predicted octanol–water partition coefficient (Wildman–Crippen LogP) is 2.90. The molecule has 2 saturated heterocycles. The van der Waals surface area contributed by atoms with E-state index in [1.54, 1.807) is 6.92 Å². The van der Waals surface area contributed by atoms with Gasteiger partial charge in [-0.1, -0.05) is 41.9 Å². The van der Waals surface area contributed by atoms with Gasteiger partial charge in [-0.2, -0.15) is 0 Å². The van der Waals surface area contributed by atoms with E-state index in [1.807, 2.05) is 6.07 Å². The van der Waals surface area contributed by atoms with E-state index in [2.05, 4.69) is 54.3 Å². The molecular formula is C24H33N5O3. The summed E-state index contributed by atoms with van der Waals surface area (Å²) in [4.78, 5) is 29.9. The summed E-state index contributed by atoms with van der Waals surface area (Å²) in [7, 11) is 0. The van der Waals surface area contributed by atoms with Gasteiger partial charge >= 0.3 is 0 Å². The Morgan fingerprint density at radius 2 is 1.88 bits per heavy atom. The number of amides is 2. The molecule has 0 unspecified atom stereocenters. The van der Waals surface area contributed by atoms with E-state index in [-0.39, 0.29) is 11.8 Å².